The summed E-state index contributed by atoms with van der Waals surface area (Å²) < 4.78 is 42.3. The number of rotatable bonds is 5. The second kappa shape index (κ2) is 6.41. The predicted octanol–water partition coefficient (Wildman–Crippen LogP) is 0.368. The fraction of sp³-hybridized carbons (Fsp3) is 0.571. The molecule has 3 rings (SSSR count). The van der Waals surface area contributed by atoms with E-state index >= 15 is 0 Å². The number of likely N-dealkylation sites (N-methyl/N-ethyl adjacent to an activating group) is 1. The molecule has 1 aromatic carbocycles. The molecule has 8 heteroatoms. The normalized spacial score (nSPS) is 18.8. The lowest BCUT2D eigenvalue weighted by Crippen LogP contribution is -2.41. The smallest absolute Gasteiger partial charge is 0.242 e. The Kier molecular flexibility index (Phi) is 4.53. The molecule has 0 saturated carbocycles. The van der Waals surface area contributed by atoms with Crippen molar-refractivity contribution >= 4 is 10.0 Å². The number of sulfonamides is 1. The summed E-state index contributed by atoms with van der Waals surface area (Å²) in [6.07, 6.45) is 0. The maximum absolute atomic E-state index is 12.6. The van der Waals surface area contributed by atoms with Crippen LogP contribution in [0.25, 0.3) is 0 Å². The molecule has 2 aliphatic rings. The summed E-state index contributed by atoms with van der Waals surface area (Å²) in [5, 5.41) is 0. The highest BCUT2D eigenvalue weighted by atomic mass is 32.2. The summed E-state index contributed by atoms with van der Waals surface area (Å²) in [6.45, 7) is 4.37. The number of fused-ring (bicyclic) bond motifs is 1. The van der Waals surface area contributed by atoms with Crippen LogP contribution in [0.3, 0.4) is 0 Å². The predicted molar refractivity (Wildman–Crippen MR) is 79.6 cm³/mol. The van der Waals surface area contributed by atoms with Gasteiger partial charge in [0.05, 0.1) is 18.1 Å². The van der Waals surface area contributed by atoms with Gasteiger partial charge in [0, 0.05) is 39.3 Å². The molecular formula is C14H20N2O5S. The molecular weight excluding hydrogens is 308 g/mol. The minimum atomic E-state index is -3.52. The highest BCUT2D eigenvalue weighted by Crippen LogP contribution is 2.34. The van der Waals surface area contributed by atoms with Crippen LogP contribution in [0.2, 0.25) is 0 Å². The van der Waals surface area contributed by atoms with Crippen LogP contribution < -0.4 is 9.47 Å². The minimum Gasteiger partial charge on any atom is -0.454 e. The molecule has 7 nitrogen and oxygen atoms in total. The maximum atomic E-state index is 12.6. The van der Waals surface area contributed by atoms with Gasteiger partial charge in [-0.05, 0) is 12.1 Å². The van der Waals surface area contributed by atoms with Crippen LogP contribution in [0.4, 0.5) is 0 Å². The van der Waals surface area contributed by atoms with E-state index in [4.69, 9.17) is 14.2 Å². The van der Waals surface area contributed by atoms with Crippen molar-refractivity contribution < 1.29 is 22.6 Å². The van der Waals surface area contributed by atoms with Crippen molar-refractivity contribution in [1.82, 2.24) is 9.21 Å². The molecule has 0 bridgehead atoms. The van der Waals surface area contributed by atoms with Crippen molar-refractivity contribution in [2.45, 2.75) is 4.90 Å². The molecule has 22 heavy (non-hydrogen) atoms. The fourth-order valence-electron chi connectivity index (χ4n) is 2.44. The van der Waals surface area contributed by atoms with Gasteiger partial charge in [-0.3, -0.25) is 4.90 Å². The Balaban J connectivity index is 1.66. The molecule has 2 heterocycles. The first-order chi connectivity index (χ1) is 10.6. The van der Waals surface area contributed by atoms with E-state index in [2.05, 4.69) is 4.90 Å². The van der Waals surface area contributed by atoms with Crippen LogP contribution in [0.1, 0.15) is 0 Å². The lowest BCUT2D eigenvalue weighted by Gasteiger charge is -2.28. The zero-order chi connectivity index (χ0) is 15.6. The van der Waals surface area contributed by atoms with E-state index < -0.39 is 10.0 Å². The van der Waals surface area contributed by atoms with Gasteiger partial charge in [-0.2, -0.15) is 4.31 Å². The topological polar surface area (TPSA) is 68.3 Å². The van der Waals surface area contributed by atoms with E-state index in [1.54, 1.807) is 19.2 Å². The molecule has 1 saturated heterocycles. The Bertz CT molecular complexity index is 628. The lowest BCUT2D eigenvalue weighted by atomic mass is 10.3. The van der Waals surface area contributed by atoms with Gasteiger partial charge < -0.3 is 14.2 Å². The molecule has 0 radical (unpaired) electrons. The van der Waals surface area contributed by atoms with E-state index in [0.717, 1.165) is 13.1 Å². The molecule has 122 valence electrons. The van der Waals surface area contributed by atoms with Gasteiger partial charge in [0.25, 0.3) is 0 Å². The second-order valence-electron chi connectivity index (χ2n) is 5.30. The molecule has 0 unspecified atom stereocenters. The highest BCUT2D eigenvalue weighted by Gasteiger charge is 2.24. The molecule has 0 aliphatic carbocycles. The molecule has 0 N–H and O–H groups in total. The van der Waals surface area contributed by atoms with Gasteiger partial charge in [-0.1, -0.05) is 0 Å². The number of hydrogen-bond donors (Lipinski definition) is 0. The molecule has 0 spiro atoms. The first kappa shape index (κ1) is 15.5. The highest BCUT2D eigenvalue weighted by molar-refractivity contribution is 7.89. The van der Waals surface area contributed by atoms with Crippen molar-refractivity contribution in [2.75, 3.05) is 53.2 Å². The number of ether oxygens (including phenoxy) is 3. The Morgan fingerprint density at radius 1 is 1.18 bits per heavy atom. The number of morpholine rings is 1. The number of nitrogens with zero attached hydrogens (tertiary/aromatic N) is 2. The van der Waals surface area contributed by atoms with Crippen LogP contribution >= 0.6 is 0 Å². The van der Waals surface area contributed by atoms with Crippen LogP contribution in [0, 0.1) is 0 Å². The summed E-state index contributed by atoms with van der Waals surface area (Å²) in [6, 6.07) is 4.70. The Hall–Kier alpha value is -1.35. The largest absolute Gasteiger partial charge is 0.454 e. The quantitative estimate of drug-likeness (QED) is 0.778. The van der Waals surface area contributed by atoms with E-state index in [1.165, 1.54) is 10.4 Å². The third-order valence-electron chi connectivity index (χ3n) is 3.89. The molecule has 0 atom stereocenters. The third-order valence-corrected chi connectivity index (χ3v) is 5.74. The SMILES string of the molecule is CN(CCN1CCOCC1)S(=O)(=O)c1ccc2c(c1)OCO2. The second-order valence-corrected chi connectivity index (χ2v) is 7.34. The van der Waals surface area contributed by atoms with Crippen LogP contribution in [0.5, 0.6) is 11.5 Å². The fourth-order valence-corrected chi connectivity index (χ4v) is 3.62. The summed E-state index contributed by atoms with van der Waals surface area (Å²) in [5.74, 6) is 1.05. The third kappa shape index (κ3) is 3.19. The Labute approximate surface area is 130 Å². The van der Waals surface area contributed by atoms with E-state index in [1.807, 2.05) is 0 Å². The lowest BCUT2D eigenvalue weighted by molar-refractivity contribution is 0.0368. The average Bonchev–Trinajstić information content (AvgIpc) is 3.01. The molecule has 2 aliphatic heterocycles. The standard InChI is InChI=1S/C14H20N2O5S/c1-15(4-5-16-6-8-19-9-7-16)22(17,18)12-2-3-13-14(10-12)21-11-20-13/h2-3,10H,4-9,11H2,1H3. The Morgan fingerprint density at radius 3 is 2.68 bits per heavy atom. The maximum Gasteiger partial charge on any atom is 0.242 e. The van der Waals surface area contributed by atoms with Crippen molar-refractivity contribution in [2.24, 2.45) is 0 Å². The van der Waals surface area contributed by atoms with E-state index in [9.17, 15) is 8.42 Å². The summed E-state index contributed by atoms with van der Waals surface area (Å²) in [4.78, 5) is 2.43. The van der Waals surface area contributed by atoms with E-state index in [-0.39, 0.29) is 11.7 Å². The molecule has 1 aromatic rings. The summed E-state index contributed by atoms with van der Waals surface area (Å²) in [7, 11) is -1.92. The first-order valence-electron chi connectivity index (χ1n) is 7.23. The number of benzene rings is 1. The summed E-state index contributed by atoms with van der Waals surface area (Å²) >= 11 is 0. The van der Waals surface area contributed by atoms with Crippen LogP contribution in [-0.2, 0) is 14.8 Å². The van der Waals surface area contributed by atoms with Gasteiger partial charge in [0.1, 0.15) is 0 Å². The van der Waals surface area contributed by atoms with Crippen LogP contribution in [-0.4, -0.2) is 70.9 Å². The monoisotopic (exact) mass is 328 g/mol. The van der Waals surface area contributed by atoms with Crippen molar-refractivity contribution in [3.63, 3.8) is 0 Å². The van der Waals surface area contributed by atoms with Crippen molar-refractivity contribution in [1.29, 1.82) is 0 Å². The zero-order valence-electron chi connectivity index (χ0n) is 12.5. The van der Waals surface area contributed by atoms with Gasteiger partial charge in [-0.25, -0.2) is 8.42 Å². The summed E-state index contributed by atoms with van der Waals surface area (Å²) in [5.41, 5.74) is 0. The molecule has 0 aromatic heterocycles. The van der Waals surface area contributed by atoms with Crippen molar-refractivity contribution in [3.05, 3.63) is 18.2 Å². The van der Waals surface area contributed by atoms with Gasteiger partial charge in [-0.15, -0.1) is 0 Å². The zero-order valence-corrected chi connectivity index (χ0v) is 13.3. The molecule has 0 amide bonds. The van der Waals surface area contributed by atoms with Crippen LogP contribution in [0.15, 0.2) is 23.1 Å². The van der Waals surface area contributed by atoms with Crippen molar-refractivity contribution in [3.8, 4) is 11.5 Å². The van der Waals surface area contributed by atoms with E-state index in [0.29, 0.717) is 37.8 Å². The minimum absolute atomic E-state index is 0.131. The van der Waals surface area contributed by atoms with Gasteiger partial charge in [0.2, 0.25) is 16.8 Å². The van der Waals surface area contributed by atoms with Gasteiger partial charge in [0.15, 0.2) is 11.5 Å². The molecule has 1 fully saturated rings. The first-order valence-corrected chi connectivity index (χ1v) is 8.67. The average molecular weight is 328 g/mol. The van der Waals surface area contributed by atoms with Gasteiger partial charge >= 0.3 is 0 Å². The number of hydrogen-bond acceptors (Lipinski definition) is 6. The Morgan fingerprint density at radius 2 is 1.91 bits per heavy atom.